The van der Waals surface area contributed by atoms with Crippen LogP contribution in [-0.4, -0.2) is 18.0 Å². The molecular formula is C14H14N2O3S. The molecule has 6 heteroatoms. The van der Waals surface area contributed by atoms with Gasteiger partial charge in [0, 0.05) is 5.56 Å². The number of aryl methyl sites for hydroxylation is 1. The Balaban J connectivity index is 2.40. The minimum atomic E-state index is -0.307. The standard InChI is InChI=1S/C14H14N2O3S/c1-8-9(6-7-19-8)14(17)16-12-10(13(15)20)4-3-5-11(12)18-2/h3-7H,1-2H3,(H2,15,20)(H,16,17). The number of thiocarbonyl (C=S) groups is 1. The highest BCUT2D eigenvalue weighted by Gasteiger charge is 2.17. The predicted molar refractivity (Wildman–Crippen MR) is 80.3 cm³/mol. The first kappa shape index (κ1) is 14.1. The molecule has 0 aliphatic heterocycles. The van der Waals surface area contributed by atoms with Gasteiger partial charge in [-0.05, 0) is 25.1 Å². The first-order valence-electron chi connectivity index (χ1n) is 5.87. The quantitative estimate of drug-likeness (QED) is 0.846. The van der Waals surface area contributed by atoms with Gasteiger partial charge in [-0.25, -0.2) is 0 Å². The van der Waals surface area contributed by atoms with E-state index in [4.69, 9.17) is 27.1 Å². The average Bonchev–Trinajstić information content (AvgIpc) is 2.85. The van der Waals surface area contributed by atoms with Crippen molar-refractivity contribution >= 4 is 28.8 Å². The minimum absolute atomic E-state index is 0.183. The Morgan fingerprint density at radius 1 is 1.35 bits per heavy atom. The first-order valence-corrected chi connectivity index (χ1v) is 6.27. The number of nitrogens with one attached hydrogen (secondary N) is 1. The van der Waals surface area contributed by atoms with E-state index in [1.54, 1.807) is 31.2 Å². The highest BCUT2D eigenvalue weighted by atomic mass is 32.1. The molecule has 0 atom stereocenters. The van der Waals surface area contributed by atoms with Crippen LogP contribution in [0.15, 0.2) is 34.9 Å². The van der Waals surface area contributed by atoms with Crippen molar-refractivity contribution in [1.82, 2.24) is 0 Å². The van der Waals surface area contributed by atoms with Crippen molar-refractivity contribution in [1.29, 1.82) is 0 Å². The fourth-order valence-electron chi connectivity index (χ4n) is 1.84. The molecule has 5 nitrogen and oxygen atoms in total. The number of hydrogen-bond donors (Lipinski definition) is 2. The number of nitrogens with two attached hydrogens (primary N) is 1. The Morgan fingerprint density at radius 2 is 2.10 bits per heavy atom. The van der Waals surface area contributed by atoms with Gasteiger partial charge in [0.25, 0.3) is 5.91 Å². The smallest absolute Gasteiger partial charge is 0.259 e. The van der Waals surface area contributed by atoms with Gasteiger partial charge in [0.05, 0.1) is 24.6 Å². The van der Waals surface area contributed by atoms with Crippen LogP contribution in [0, 0.1) is 6.92 Å². The van der Waals surface area contributed by atoms with Crippen LogP contribution in [-0.2, 0) is 0 Å². The van der Waals surface area contributed by atoms with E-state index < -0.39 is 0 Å². The van der Waals surface area contributed by atoms with E-state index in [0.717, 1.165) is 0 Å². The van der Waals surface area contributed by atoms with Crippen LogP contribution in [0.4, 0.5) is 5.69 Å². The summed E-state index contributed by atoms with van der Waals surface area (Å²) in [5.74, 6) is 0.720. The first-order chi connectivity index (χ1) is 9.54. The van der Waals surface area contributed by atoms with Gasteiger partial charge in [-0.2, -0.15) is 0 Å². The lowest BCUT2D eigenvalue weighted by Gasteiger charge is -2.14. The molecular weight excluding hydrogens is 276 g/mol. The van der Waals surface area contributed by atoms with Crippen LogP contribution in [0.5, 0.6) is 5.75 Å². The molecule has 1 aromatic carbocycles. The summed E-state index contributed by atoms with van der Waals surface area (Å²) in [7, 11) is 1.51. The lowest BCUT2D eigenvalue weighted by molar-refractivity contribution is 0.102. The van der Waals surface area contributed by atoms with Gasteiger partial charge in [-0.15, -0.1) is 0 Å². The van der Waals surface area contributed by atoms with Crippen molar-refractivity contribution in [2.45, 2.75) is 6.92 Å². The molecule has 1 aromatic heterocycles. The number of carbonyl (C=O) groups is 1. The van der Waals surface area contributed by atoms with E-state index in [-0.39, 0.29) is 10.9 Å². The second-order valence-electron chi connectivity index (χ2n) is 4.09. The summed E-state index contributed by atoms with van der Waals surface area (Å²) in [5, 5.41) is 2.76. The van der Waals surface area contributed by atoms with Gasteiger partial charge in [0.1, 0.15) is 16.5 Å². The van der Waals surface area contributed by atoms with E-state index in [9.17, 15) is 4.79 Å². The molecule has 0 fully saturated rings. The number of amides is 1. The van der Waals surface area contributed by atoms with Crippen LogP contribution in [0.3, 0.4) is 0 Å². The van der Waals surface area contributed by atoms with Crippen LogP contribution >= 0.6 is 12.2 Å². The molecule has 0 bridgehead atoms. The van der Waals surface area contributed by atoms with Gasteiger partial charge in [0.2, 0.25) is 0 Å². The third kappa shape index (κ3) is 2.65. The van der Waals surface area contributed by atoms with Crippen LogP contribution in [0.25, 0.3) is 0 Å². The maximum atomic E-state index is 12.2. The Morgan fingerprint density at radius 3 is 2.65 bits per heavy atom. The van der Waals surface area contributed by atoms with E-state index in [1.165, 1.54) is 13.4 Å². The molecule has 20 heavy (non-hydrogen) atoms. The number of hydrogen-bond acceptors (Lipinski definition) is 4. The number of para-hydroxylation sites is 1. The molecule has 0 radical (unpaired) electrons. The number of anilines is 1. The molecule has 0 saturated heterocycles. The summed E-state index contributed by atoms with van der Waals surface area (Å²) in [5.41, 5.74) is 7.12. The second kappa shape index (κ2) is 5.75. The number of ether oxygens (including phenoxy) is 1. The van der Waals surface area contributed by atoms with Crippen LogP contribution in [0.2, 0.25) is 0 Å². The highest BCUT2D eigenvalue weighted by molar-refractivity contribution is 7.80. The Bertz CT molecular complexity index is 664. The molecule has 1 amide bonds. The SMILES string of the molecule is COc1cccc(C(N)=S)c1NC(=O)c1ccoc1C. The van der Waals surface area contributed by atoms with E-state index >= 15 is 0 Å². The third-order valence-electron chi connectivity index (χ3n) is 2.85. The van der Waals surface area contributed by atoms with Gasteiger partial charge in [-0.1, -0.05) is 18.3 Å². The summed E-state index contributed by atoms with van der Waals surface area (Å²) in [6, 6.07) is 6.80. The van der Waals surface area contributed by atoms with Crippen molar-refractivity contribution in [3.05, 3.63) is 47.4 Å². The fraction of sp³-hybridized carbons (Fsp3) is 0.143. The molecule has 0 aliphatic rings. The summed E-state index contributed by atoms with van der Waals surface area (Å²) in [4.78, 5) is 12.4. The molecule has 1 heterocycles. The zero-order valence-corrected chi connectivity index (χ0v) is 11.9. The number of furan rings is 1. The zero-order valence-electron chi connectivity index (χ0n) is 11.1. The van der Waals surface area contributed by atoms with Crippen molar-refractivity contribution in [2.75, 3.05) is 12.4 Å². The molecule has 3 N–H and O–H groups in total. The Kier molecular flexibility index (Phi) is 4.05. The minimum Gasteiger partial charge on any atom is -0.495 e. The van der Waals surface area contributed by atoms with E-state index in [1.807, 2.05) is 0 Å². The van der Waals surface area contributed by atoms with E-state index in [0.29, 0.717) is 28.3 Å². The Hall–Kier alpha value is -2.34. The van der Waals surface area contributed by atoms with Crippen molar-refractivity contribution < 1.29 is 13.9 Å². The third-order valence-corrected chi connectivity index (χ3v) is 3.07. The fourth-order valence-corrected chi connectivity index (χ4v) is 2.01. The summed E-state index contributed by atoms with van der Waals surface area (Å²) in [6.07, 6.45) is 1.46. The van der Waals surface area contributed by atoms with Crippen molar-refractivity contribution in [3.8, 4) is 5.75 Å². The Labute approximate surface area is 121 Å². The van der Waals surface area contributed by atoms with Gasteiger partial charge < -0.3 is 20.2 Å². The van der Waals surface area contributed by atoms with E-state index in [2.05, 4.69) is 5.32 Å². The summed E-state index contributed by atoms with van der Waals surface area (Å²) in [6.45, 7) is 1.71. The highest BCUT2D eigenvalue weighted by Crippen LogP contribution is 2.29. The predicted octanol–water partition coefficient (Wildman–Crippen LogP) is 2.48. The van der Waals surface area contributed by atoms with Crippen molar-refractivity contribution in [3.63, 3.8) is 0 Å². The van der Waals surface area contributed by atoms with Crippen LogP contribution < -0.4 is 15.8 Å². The van der Waals surface area contributed by atoms with Gasteiger partial charge in [0.15, 0.2) is 0 Å². The zero-order chi connectivity index (χ0) is 14.7. The average molecular weight is 290 g/mol. The number of benzene rings is 1. The van der Waals surface area contributed by atoms with Crippen LogP contribution in [0.1, 0.15) is 21.7 Å². The summed E-state index contributed by atoms with van der Waals surface area (Å²) >= 11 is 4.99. The second-order valence-corrected chi connectivity index (χ2v) is 4.53. The van der Waals surface area contributed by atoms with Gasteiger partial charge >= 0.3 is 0 Å². The number of carbonyl (C=O) groups excluding carboxylic acids is 1. The normalized spacial score (nSPS) is 10.1. The maximum Gasteiger partial charge on any atom is 0.259 e. The molecule has 0 unspecified atom stereocenters. The molecule has 0 saturated carbocycles. The molecule has 0 aliphatic carbocycles. The molecule has 2 aromatic rings. The molecule has 0 spiro atoms. The molecule has 2 rings (SSSR count). The van der Waals surface area contributed by atoms with Gasteiger partial charge in [-0.3, -0.25) is 4.79 Å². The number of methoxy groups -OCH3 is 1. The molecule has 104 valence electrons. The lowest BCUT2D eigenvalue weighted by atomic mass is 10.1. The number of rotatable bonds is 4. The lowest BCUT2D eigenvalue weighted by Crippen LogP contribution is -2.18. The topological polar surface area (TPSA) is 77.5 Å². The summed E-state index contributed by atoms with van der Waals surface area (Å²) < 4.78 is 10.3. The monoisotopic (exact) mass is 290 g/mol. The largest absolute Gasteiger partial charge is 0.495 e. The maximum absolute atomic E-state index is 12.2. The van der Waals surface area contributed by atoms with Crippen molar-refractivity contribution in [2.24, 2.45) is 5.73 Å².